The van der Waals surface area contributed by atoms with Crippen LogP contribution in [0.3, 0.4) is 0 Å². The minimum absolute atomic E-state index is 0.00706. The molecule has 548 valence electrons. The van der Waals surface area contributed by atoms with Gasteiger partial charge in [0.1, 0.15) is 24.2 Å². The first-order valence-electron chi connectivity index (χ1n) is 35.5. The number of aromatic nitrogens is 2. The summed E-state index contributed by atoms with van der Waals surface area (Å²) < 4.78 is 22.6. The van der Waals surface area contributed by atoms with Crippen molar-refractivity contribution in [3.63, 3.8) is 0 Å². The molecule has 2 saturated carbocycles. The first kappa shape index (κ1) is 75.9. The molecule has 102 heavy (non-hydrogen) atoms. The van der Waals surface area contributed by atoms with Crippen LogP contribution in [-0.2, 0) is 67.5 Å². The van der Waals surface area contributed by atoms with Gasteiger partial charge in [-0.2, -0.15) is 23.5 Å². The molecule has 1 aromatic heterocycles. The van der Waals surface area contributed by atoms with Gasteiger partial charge in [-0.05, 0) is 117 Å². The first-order valence-corrected chi connectivity index (χ1v) is 37.6. The summed E-state index contributed by atoms with van der Waals surface area (Å²) in [6.45, 7) is 4.30. The van der Waals surface area contributed by atoms with Crippen molar-refractivity contribution in [1.29, 1.82) is 0 Å². The third kappa shape index (κ3) is 21.4. The summed E-state index contributed by atoms with van der Waals surface area (Å²) in [4.78, 5) is 142. The predicted octanol–water partition coefficient (Wildman–Crippen LogP) is 7.20. The Balaban J connectivity index is 0.581. The lowest BCUT2D eigenvalue weighted by Gasteiger charge is -2.53. The maximum Gasteiger partial charge on any atom is 0.415 e. The van der Waals surface area contributed by atoms with Crippen molar-refractivity contribution in [2.75, 3.05) is 104 Å². The van der Waals surface area contributed by atoms with Crippen LogP contribution < -0.4 is 47.7 Å². The van der Waals surface area contributed by atoms with E-state index < -0.39 is 48.5 Å². The van der Waals surface area contributed by atoms with Crippen molar-refractivity contribution in [3.05, 3.63) is 101 Å². The summed E-state index contributed by atoms with van der Waals surface area (Å²) in [5.74, 6) is 1.09. The van der Waals surface area contributed by atoms with Crippen molar-refractivity contribution < 1.29 is 66.9 Å². The zero-order chi connectivity index (χ0) is 72.1. The number of Topliss-reactive ketones (excluding diaryl/α,β-unsaturated/α-hetero) is 1. The molecule has 0 radical (unpaired) electrons. The van der Waals surface area contributed by atoms with E-state index in [0.29, 0.717) is 76.3 Å². The van der Waals surface area contributed by atoms with E-state index in [-0.39, 0.29) is 127 Å². The Labute approximate surface area is 602 Å². The number of nitrogens with zero attached hydrogens (tertiary/aromatic N) is 5. The Kier molecular flexibility index (Phi) is 27.8. The molecule has 10 rings (SSSR count). The molecule has 4 heterocycles. The molecule has 6 atom stereocenters. The number of hydrogen-bond donors (Lipinski definition) is 8. The van der Waals surface area contributed by atoms with E-state index in [1.54, 1.807) is 55.4 Å². The third-order valence-corrected chi connectivity index (χ3v) is 22.6. The van der Waals surface area contributed by atoms with Crippen molar-refractivity contribution in [2.45, 2.75) is 138 Å². The number of likely N-dealkylation sites (tertiary alicyclic amines) is 1. The van der Waals surface area contributed by atoms with Crippen LogP contribution >= 0.6 is 23.5 Å². The van der Waals surface area contributed by atoms with E-state index in [1.165, 1.54) is 35.1 Å². The quantitative estimate of drug-likeness (QED) is 0.0211. The minimum atomic E-state index is -1.06. The fourth-order valence-corrected chi connectivity index (χ4v) is 17.2. The molecule has 5 unspecified atom stereocenters. The van der Waals surface area contributed by atoms with Crippen LogP contribution in [0.2, 0.25) is 0 Å². The molecule has 9 N–H and O–H groups in total. The molecule has 0 spiro atoms. The summed E-state index contributed by atoms with van der Waals surface area (Å²) in [5.41, 5.74) is 12.1. The number of nitrogens with one attached hydrogen (secondary N) is 7. The summed E-state index contributed by atoms with van der Waals surface area (Å²) in [7, 11) is 3.15. The number of ketones is 1. The average molecular weight is 1440 g/mol. The second-order valence-electron chi connectivity index (χ2n) is 26.8. The monoisotopic (exact) mass is 1440 g/mol. The number of amides is 10. The molecule has 27 nitrogen and oxygen atoms in total. The van der Waals surface area contributed by atoms with Crippen molar-refractivity contribution in [3.8, 4) is 5.75 Å². The van der Waals surface area contributed by atoms with E-state index in [0.717, 1.165) is 83.5 Å². The van der Waals surface area contributed by atoms with Gasteiger partial charge in [-0.1, -0.05) is 55.7 Å². The Morgan fingerprint density at radius 2 is 1.42 bits per heavy atom. The van der Waals surface area contributed by atoms with E-state index in [9.17, 15) is 47.9 Å². The van der Waals surface area contributed by atoms with Crippen LogP contribution in [0.1, 0.15) is 123 Å². The number of carbonyl (C=O) groups is 10. The highest BCUT2D eigenvalue weighted by molar-refractivity contribution is 8.03. The summed E-state index contributed by atoms with van der Waals surface area (Å²) >= 11 is 3.93. The van der Waals surface area contributed by atoms with Crippen LogP contribution in [0.5, 0.6) is 5.75 Å². The first-order chi connectivity index (χ1) is 49.3. The molecular weight excluding hydrogens is 1350 g/mol. The number of likely N-dealkylation sites (N-methyl/N-ethyl adjacent to an activating group) is 2. The number of piperidine rings is 1. The molecule has 3 fully saturated rings. The molecule has 4 aromatic carbocycles. The average Bonchev–Trinajstić information content (AvgIpc) is 0.878. The lowest BCUT2D eigenvalue weighted by molar-refractivity contribution is -0.136. The number of benzene rings is 4. The van der Waals surface area contributed by atoms with Gasteiger partial charge in [-0.25, -0.2) is 24.4 Å². The molecular formula is C73H95N13O14S2. The normalized spacial score (nSPS) is 18.9. The predicted molar refractivity (Wildman–Crippen MR) is 389 cm³/mol. The second-order valence-corrected chi connectivity index (χ2v) is 29.1. The molecule has 5 aliphatic rings. The van der Waals surface area contributed by atoms with Crippen LogP contribution in [0, 0.1) is 17.8 Å². The molecule has 3 aliphatic heterocycles. The third-order valence-electron chi connectivity index (χ3n) is 19.5. The van der Waals surface area contributed by atoms with Gasteiger partial charge in [0.15, 0.2) is 0 Å². The van der Waals surface area contributed by atoms with Crippen molar-refractivity contribution in [2.24, 2.45) is 23.5 Å². The fourth-order valence-electron chi connectivity index (χ4n) is 13.7. The number of fused-ring (bicyclic) bond motifs is 9. The standard InChI is InChI=1S/C73H95N13O14S2/c1-45(87)15-22-65(90)86-30-24-47(25-31-86)69(92)80-50-10-5-4-6-13-54-55(39-50)67-66(54)101-44-61-60(43-102-67)81-56-21-18-48(38-59(56)82-61)68(91)76-29-35-98-37-36-97-34-26-63(88)78-41-64(89)83-57(14-9-27-77-71(74)94)70(93)79-49-19-16-46(17-20-49)42-99-72(95)84(2)32-33-85(3)73(96)100-62-40-58-52(23-28-75-58)51-11-7-8-12-53(51)62/h7-8,11-12,16-21,38,40,47,50,54-55,57,66-67,75H,4-6,9-10,13-15,22-37,39,41-44H2,1-3H3,(H,76,91)(H,78,88)(H,79,93)(H,80,92)(H,83,89)(H3,74,77,94)/t50?,54?,55?,57-,66?,67?/m0/s1. The number of rotatable bonds is 30. The van der Waals surface area contributed by atoms with Gasteiger partial charge < -0.3 is 81.4 Å². The van der Waals surface area contributed by atoms with Gasteiger partial charge in [0.2, 0.25) is 29.5 Å². The molecule has 5 aromatic rings. The van der Waals surface area contributed by atoms with E-state index in [1.807, 2.05) is 59.9 Å². The van der Waals surface area contributed by atoms with E-state index in [4.69, 9.17) is 34.6 Å². The van der Waals surface area contributed by atoms with E-state index in [2.05, 4.69) is 37.2 Å². The van der Waals surface area contributed by atoms with Gasteiger partial charge in [0, 0.05) is 142 Å². The number of ether oxygens (including phenoxy) is 4. The topological polar surface area (TPSA) is 353 Å². The van der Waals surface area contributed by atoms with Gasteiger partial charge in [-0.3, -0.25) is 28.8 Å². The Morgan fingerprint density at radius 3 is 2.17 bits per heavy atom. The minimum Gasteiger partial charge on any atom is -0.445 e. The van der Waals surface area contributed by atoms with Gasteiger partial charge in [0.25, 0.3) is 5.91 Å². The molecule has 10 amide bonds. The summed E-state index contributed by atoms with van der Waals surface area (Å²) in [6, 6.07) is 19.9. The van der Waals surface area contributed by atoms with Crippen LogP contribution in [0.15, 0.2) is 72.8 Å². The van der Waals surface area contributed by atoms with E-state index >= 15 is 0 Å². The number of hydrogen-bond acceptors (Lipinski definition) is 19. The van der Waals surface area contributed by atoms with Crippen molar-refractivity contribution in [1.82, 2.24) is 51.3 Å². The summed E-state index contributed by atoms with van der Waals surface area (Å²) in [6.07, 6.45) is 8.38. The number of urea groups is 1. The number of nitrogens with two attached hydrogens (primary N) is 1. The zero-order valence-corrected chi connectivity index (χ0v) is 60.0. The summed E-state index contributed by atoms with van der Waals surface area (Å²) in [5, 5.41) is 23.0. The fraction of sp³-hybridized carbons (Fsp3) is 0.534. The largest absolute Gasteiger partial charge is 0.445 e. The van der Waals surface area contributed by atoms with Crippen LogP contribution in [0.4, 0.5) is 25.8 Å². The van der Waals surface area contributed by atoms with Gasteiger partial charge in [-0.15, -0.1) is 0 Å². The lowest BCUT2D eigenvalue weighted by atomic mass is 9.67. The highest BCUT2D eigenvalue weighted by Gasteiger charge is 2.52. The molecule has 1 saturated heterocycles. The molecule has 29 heteroatoms. The maximum absolute atomic E-state index is 13.7. The Bertz CT molecular complexity index is 3820. The smallest absolute Gasteiger partial charge is 0.415 e. The number of thioether (sulfide) groups is 2. The molecule has 0 bridgehead atoms. The Hall–Kier alpha value is -8.80. The van der Waals surface area contributed by atoms with Crippen LogP contribution in [-0.4, -0.2) is 200 Å². The highest BCUT2D eigenvalue weighted by atomic mass is 32.2. The number of carbonyl (C=O) groups excluding carboxylic acids is 10. The zero-order valence-electron chi connectivity index (χ0n) is 58.3. The maximum atomic E-state index is 13.7. The number of primary amides is 1. The SMILES string of the molecule is CC(=O)CCC(=O)N1CCC(C(=O)NC2CCCCCC3C(C2)C2SCc4nc5ccc(C(=O)NCCOCCOCCC(=O)NCC(=O)N[C@@H](CCCNC(N)=O)C(=O)Nc6ccc(COC(=O)N(C)CCN(C)C(=O)Oc7cc8c(c9ccccc79)CCN8)cc6)cc5nc4CSC32)CC1. The van der Waals surface area contributed by atoms with Crippen LogP contribution in [0.25, 0.3) is 21.8 Å². The molecule has 2 aliphatic carbocycles. The number of anilines is 2. The van der Waals surface area contributed by atoms with Gasteiger partial charge in [0.05, 0.1) is 55.4 Å². The highest BCUT2D eigenvalue weighted by Crippen LogP contribution is 2.56. The Morgan fingerprint density at radius 1 is 0.716 bits per heavy atom. The van der Waals surface area contributed by atoms with Gasteiger partial charge >= 0.3 is 18.2 Å². The second kappa shape index (κ2) is 37.4. The lowest BCUT2D eigenvalue weighted by Crippen LogP contribution is -2.55. The van der Waals surface area contributed by atoms with Crippen molar-refractivity contribution >= 4 is 116 Å².